The third-order valence-electron chi connectivity index (χ3n) is 3.89. The zero-order valence-electron chi connectivity index (χ0n) is 13.6. The molecule has 0 atom stereocenters. The molecule has 0 aliphatic carbocycles. The minimum absolute atomic E-state index is 0.000803. The second kappa shape index (κ2) is 5.85. The van der Waals surface area contributed by atoms with Crippen LogP contribution in [0.15, 0.2) is 12.4 Å². The van der Waals surface area contributed by atoms with E-state index in [1.165, 1.54) is 12.4 Å². The van der Waals surface area contributed by atoms with Crippen LogP contribution >= 0.6 is 0 Å². The first-order chi connectivity index (χ1) is 9.96. The lowest BCUT2D eigenvalue weighted by Gasteiger charge is -2.46. The molecule has 1 aliphatic rings. The fourth-order valence-corrected chi connectivity index (χ4v) is 3.55. The van der Waals surface area contributed by atoms with E-state index < -0.39 is 12.7 Å². The van der Waals surface area contributed by atoms with Gasteiger partial charge in [-0.15, -0.1) is 0 Å². The normalized spacial score (nSPS) is 22.0. The summed E-state index contributed by atoms with van der Waals surface area (Å²) in [4.78, 5) is 4.04. The van der Waals surface area contributed by atoms with Gasteiger partial charge in [-0.05, 0) is 40.5 Å². The Morgan fingerprint density at radius 2 is 1.86 bits per heavy atom. The molecule has 0 amide bonds. The largest absolute Gasteiger partial charge is 0.406 e. The molecule has 0 aromatic carbocycles. The van der Waals surface area contributed by atoms with Crippen LogP contribution in [0.4, 0.5) is 13.2 Å². The van der Waals surface area contributed by atoms with Gasteiger partial charge in [-0.2, -0.15) is 13.2 Å². The number of hydrogen-bond acceptors (Lipinski definition) is 3. The predicted octanol–water partition coefficient (Wildman–Crippen LogP) is 2.84. The van der Waals surface area contributed by atoms with Crippen molar-refractivity contribution >= 4 is 0 Å². The molecule has 2 rings (SSSR count). The van der Waals surface area contributed by atoms with E-state index in [0.717, 1.165) is 17.4 Å². The monoisotopic (exact) mass is 318 g/mol. The Bertz CT molecular complexity index is 489. The number of halogens is 3. The molecule has 126 valence electrons. The number of alkyl halides is 3. The molecule has 1 aromatic rings. The Morgan fingerprint density at radius 1 is 1.27 bits per heavy atom. The summed E-state index contributed by atoms with van der Waals surface area (Å²) in [5, 5.41) is 6.96. The van der Waals surface area contributed by atoms with Crippen LogP contribution in [0.25, 0.3) is 0 Å². The lowest BCUT2D eigenvalue weighted by molar-refractivity contribution is -0.141. The second-order valence-electron chi connectivity index (χ2n) is 7.47. The van der Waals surface area contributed by atoms with Gasteiger partial charge in [0.2, 0.25) is 0 Å². The number of piperidine rings is 1. The molecule has 0 spiro atoms. The molecule has 1 fully saturated rings. The summed E-state index contributed by atoms with van der Waals surface area (Å²) >= 11 is 0. The van der Waals surface area contributed by atoms with Crippen molar-refractivity contribution in [2.75, 3.05) is 0 Å². The van der Waals surface area contributed by atoms with Gasteiger partial charge < -0.3 is 15.2 Å². The SMILES string of the molecule is CC1(C)CC(NCc2nccn2CC(F)(F)F)CC(C)(C)N1. The average molecular weight is 318 g/mol. The maximum atomic E-state index is 12.5. The van der Waals surface area contributed by atoms with E-state index in [0.29, 0.717) is 12.4 Å². The fraction of sp³-hybridized carbons (Fsp3) is 0.800. The summed E-state index contributed by atoms with van der Waals surface area (Å²) in [6, 6.07) is 0.252. The van der Waals surface area contributed by atoms with E-state index in [-0.39, 0.29) is 17.1 Å². The second-order valence-corrected chi connectivity index (χ2v) is 7.47. The molecule has 0 saturated carbocycles. The summed E-state index contributed by atoms with van der Waals surface area (Å²) in [5.41, 5.74) is 0.00161. The van der Waals surface area contributed by atoms with Crippen molar-refractivity contribution in [3.8, 4) is 0 Å². The Kier molecular flexibility index (Phi) is 4.59. The van der Waals surface area contributed by atoms with Crippen molar-refractivity contribution in [3.05, 3.63) is 18.2 Å². The van der Waals surface area contributed by atoms with Gasteiger partial charge in [-0.3, -0.25) is 0 Å². The van der Waals surface area contributed by atoms with Crippen molar-refractivity contribution in [3.63, 3.8) is 0 Å². The minimum Gasteiger partial charge on any atom is -0.325 e. The van der Waals surface area contributed by atoms with Gasteiger partial charge in [0.05, 0.1) is 6.54 Å². The van der Waals surface area contributed by atoms with Crippen LogP contribution in [-0.4, -0.2) is 32.8 Å². The fourth-order valence-electron chi connectivity index (χ4n) is 3.55. The molecule has 4 nitrogen and oxygen atoms in total. The number of rotatable bonds is 4. The van der Waals surface area contributed by atoms with Gasteiger partial charge in [-0.1, -0.05) is 0 Å². The highest BCUT2D eigenvalue weighted by Gasteiger charge is 2.37. The molecule has 2 N–H and O–H groups in total. The van der Waals surface area contributed by atoms with Gasteiger partial charge in [0.15, 0.2) is 0 Å². The van der Waals surface area contributed by atoms with E-state index >= 15 is 0 Å². The number of nitrogens with one attached hydrogen (secondary N) is 2. The Labute approximate surface area is 129 Å². The maximum Gasteiger partial charge on any atom is 0.406 e. The quantitative estimate of drug-likeness (QED) is 0.897. The highest BCUT2D eigenvalue weighted by Crippen LogP contribution is 2.28. The molecular weight excluding hydrogens is 293 g/mol. The number of nitrogens with zero attached hydrogens (tertiary/aromatic N) is 2. The highest BCUT2D eigenvalue weighted by atomic mass is 19.4. The predicted molar refractivity (Wildman–Crippen MR) is 79.4 cm³/mol. The van der Waals surface area contributed by atoms with Crippen molar-refractivity contribution < 1.29 is 13.2 Å². The highest BCUT2D eigenvalue weighted by molar-refractivity contribution is 5.01. The standard InChI is InChI=1S/C15H25F3N4/c1-13(2)7-11(8-14(3,4)21-13)20-9-12-19-5-6-22(12)10-15(16,17)18/h5-6,11,20-21H,7-10H2,1-4H3. The average Bonchev–Trinajstić information content (AvgIpc) is 2.67. The van der Waals surface area contributed by atoms with Crippen LogP contribution in [0.3, 0.4) is 0 Å². The first-order valence-corrected chi connectivity index (χ1v) is 7.55. The molecule has 0 bridgehead atoms. The van der Waals surface area contributed by atoms with Crippen molar-refractivity contribution in [1.82, 2.24) is 20.2 Å². The summed E-state index contributed by atoms with van der Waals surface area (Å²) in [6.45, 7) is 7.94. The topological polar surface area (TPSA) is 41.9 Å². The number of imidazole rings is 1. The number of aromatic nitrogens is 2. The van der Waals surface area contributed by atoms with Crippen LogP contribution in [-0.2, 0) is 13.1 Å². The summed E-state index contributed by atoms with van der Waals surface area (Å²) < 4.78 is 38.7. The first-order valence-electron chi connectivity index (χ1n) is 7.55. The lowest BCUT2D eigenvalue weighted by Crippen LogP contribution is -2.61. The van der Waals surface area contributed by atoms with Gasteiger partial charge in [0, 0.05) is 29.5 Å². The van der Waals surface area contributed by atoms with Crippen LogP contribution in [0, 0.1) is 0 Å². The smallest absolute Gasteiger partial charge is 0.325 e. The third-order valence-corrected chi connectivity index (χ3v) is 3.89. The summed E-state index contributed by atoms with van der Waals surface area (Å²) in [5.74, 6) is 0.423. The molecule has 0 radical (unpaired) electrons. The van der Waals surface area contributed by atoms with Crippen molar-refractivity contribution in [2.24, 2.45) is 0 Å². The molecule has 1 aromatic heterocycles. The summed E-state index contributed by atoms with van der Waals surface area (Å²) in [7, 11) is 0. The van der Waals surface area contributed by atoms with Gasteiger partial charge in [0.1, 0.15) is 12.4 Å². The Balaban J connectivity index is 1.97. The molecule has 7 heteroatoms. The third kappa shape index (κ3) is 4.98. The molecular formula is C15H25F3N4. The molecule has 1 aliphatic heterocycles. The van der Waals surface area contributed by atoms with Gasteiger partial charge >= 0.3 is 6.18 Å². The van der Waals surface area contributed by atoms with Crippen molar-refractivity contribution in [1.29, 1.82) is 0 Å². The van der Waals surface area contributed by atoms with Gasteiger partial charge in [-0.25, -0.2) is 4.98 Å². The van der Waals surface area contributed by atoms with E-state index in [2.05, 4.69) is 43.3 Å². The minimum atomic E-state index is -4.23. The molecule has 0 unspecified atom stereocenters. The van der Waals surface area contributed by atoms with E-state index in [9.17, 15) is 13.2 Å². The van der Waals surface area contributed by atoms with E-state index in [1.54, 1.807) is 0 Å². The van der Waals surface area contributed by atoms with Crippen molar-refractivity contribution in [2.45, 2.75) is 76.9 Å². The molecule has 1 saturated heterocycles. The van der Waals surface area contributed by atoms with Gasteiger partial charge in [0.25, 0.3) is 0 Å². The van der Waals surface area contributed by atoms with Crippen LogP contribution in [0.5, 0.6) is 0 Å². The van der Waals surface area contributed by atoms with Crippen LogP contribution < -0.4 is 10.6 Å². The Morgan fingerprint density at radius 3 is 2.41 bits per heavy atom. The Hall–Kier alpha value is -1.08. The zero-order valence-corrected chi connectivity index (χ0v) is 13.6. The molecule has 2 heterocycles. The molecule has 22 heavy (non-hydrogen) atoms. The van der Waals surface area contributed by atoms with Crippen LogP contribution in [0.2, 0.25) is 0 Å². The number of hydrogen-bond donors (Lipinski definition) is 2. The summed E-state index contributed by atoms with van der Waals surface area (Å²) in [6.07, 6.45) is 0.418. The van der Waals surface area contributed by atoms with Crippen LogP contribution in [0.1, 0.15) is 46.4 Å². The maximum absolute atomic E-state index is 12.5. The van der Waals surface area contributed by atoms with E-state index in [1.807, 2.05) is 0 Å². The first kappa shape index (κ1) is 17.3. The zero-order chi connectivity index (χ0) is 16.6. The van der Waals surface area contributed by atoms with E-state index in [4.69, 9.17) is 0 Å². The lowest BCUT2D eigenvalue weighted by atomic mass is 9.79.